The zero-order chi connectivity index (χ0) is 23.6. The lowest BCUT2D eigenvalue weighted by atomic mass is 9.97. The van der Waals surface area contributed by atoms with Gasteiger partial charge in [0.15, 0.2) is 5.76 Å². The number of hydrogen-bond acceptors (Lipinski definition) is 5. The number of hydrogen-bond donors (Lipinski definition) is 2. The number of aromatic nitrogens is 2. The van der Waals surface area contributed by atoms with Crippen LogP contribution in [-0.2, 0) is 21.4 Å². The van der Waals surface area contributed by atoms with Crippen molar-refractivity contribution in [2.45, 2.75) is 51.2 Å². The number of amides is 1. The summed E-state index contributed by atoms with van der Waals surface area (Å²) in [6.07, 6.45) is 0.951. The SMILES string of the molecule is Cc1cc(-c2ccc(S(=O)(=O)N3CCC(C(=O)NCc4ccc(C(C)C)cc4)CC3)o2)n[nH]1. The van der Waals surface area contributed by atoms with E-state index in [2.05, 4.69) is 41.5 Å². The van der Waals surface area contributed by atoms with Crippen LogP contribution in [0.3, 0.4) is 0 Å². The van der Waals surface area contributed by atoms with E-state index in [0.717, 1.165) is 11.3 Å². The number of aromatic amines is 1. The number of H-pyrrole nitrogens is 1. The monoisotopic (exact) mass is 470 g/mol. The van der Waals surface area contributed by atoms with Crippen LogP contribution in [0, 0.1) is 12.8 Å². The molecule has 0 aliphatic carbocycles. The average molecular weight is 471 g/mol. The molecule has 1 aliphatic heterocycles. The van der Waals surface area contributed by atoms with E-state index in [1.54, 1.807) is 12.1 Å². The van der Waals surface area contributed by atoms with Crippen LogP contribution < -0.4 is 5.32 Å². The number of aryl methyl sites for hydroxylation is 1. The van der Waals surface area contributed by atoms with Gasteiger partial charge in [-0.05, 0) is 55.0 Å². The maximum absolute atomic E-state index is 13.0. The third-order valence-corrected chi connectivity index (χ3v) is 7.84. The van der Waals surface area contributed by atoms with Gasteiger partial charge in [-0.3, -0.25) is 9.89 Å². The van der Waals surface area contributed by atoms with Crippen molar-refractivity contribution in [3.05, 3.63) is 59.3 Å². The molecule has 2 aromatic heterocycles. The fraction of sp³-hybridized carbons (Fsp3) is 0.417. The minimum absolute atomic E-state index is 0.0332. The second-order valence-electron chi connectivity index (χ2n) is 8.85. The first-order valence-electron chi connectivity index (χ1n) is 11.2. The highest BCUT2D eigenvalue weighted by Crippen LogP contribution is 2.28. The molecule has 2 N–H and O–H groups in total. The number of nitrogens with zero attached hydrogens (tertiary/aromatic N) is 2. The molecule has 1 aliphatic rings. The van der Waals surface area contributed by atoms with Crippen molar-refractivity contribution < 1.29 is 17.6 Å². The second-order valence-corrected chi connectivity index (χ2v) is 10.7. The molecule has 9 heteroatoms. The molecule has 1 amide bonds. The van der Waals surface area contributed by atoms with Gasteiger partial charge in [-0.2, -0.15) is 9.40 Å². The summed E-state index contributed by atoms with van der Waals surface area (Å²) in [5, 5.41) is 9.80. The summed E-state index contributed by atoms with van der Waals surface area (Å²) in [6.45, 7) is 7.18. The predicted molar refractivity (Wildman–Crippen MR) is 125 cm³/mol. The van der Waals surface area contributed by atoms with Crippen LogP contribution >= 0.6 is 0 Å². The van der Waals surface area contributed by atoms with Crippen molar-refractivity contribution >= 4 is 15.9 Å². The van der Waals surface area contributed by atoms with Gasteiger partial charge in [0, 0.05) is 31.2 Å². The number of piperidine rings is 1. The molecule has 0 atom stereocenters. The number of furan rings is 1. The fourth-order valence-corrected chi connectivity index (χ4v) is 5.36. The zero-order valence-electron chi connectivity index (χ0n) is 19.2. The third-order valence-electron chi connectivity index (χ3n) is 6.07. The normalized spacial score (nSPS) is 15.8. The topological polar surface area (TPSA) is 108 Å². The molecule has 0 bridgehead atoms. The first-order chi connectivity index (χ1) is 15.7. The van der Waals surface area contributed by atoms with E-state index >= 15 is 0 Å². The Hall–Kier alpha value is -2.91. The van der Waals surface area contributed by atoms with Crippen molar-refractivity contribution in [1.82, 2.24) is 19.8 Å². The first-order valence-corrected chi connectivity index (χ1v) is 12.7. The summed E-state index contributed by atoms with van der Waals surface area (Å²) < 4.78 is 33.0. The molecular weight excluding hydrogens is 440 g/mol. The predicted octanol–water partition coefficient (Wildman–Crippen LogP) is 3.82. The van der Waals surface area contributed by atoms with Crippen molar-refractivity contribution in [2.24, 2.45) is 5.92 Å². The Bertz CT molecular complexity index is 1200. The van der Waals surface area contributed by atoms with Crippen LogP contribution in [0.5, 0.6) is 0 Å². The van der Waals surface area contributed by atoms with Crippen molar-refractivity contribution in [3.8, 4) is 11.5 Å². The van der Waals surface area contributed by atoms with Crippen LogP contribution in [0.1, 0.15) is 49.4 Å². The van der Waals surface area contributed by atoms with E-state index in [1.165, 1.54) is 15.9 Å². The summed E-state index contributed by atoms with van der Waals surface area (Å²) in [6, 6.07) is 13.1. The molecule has 176 valence electrons. The molecule has 3 aromatic rings. The number of rotatable bonds is 7. The summed E-state index contributed by atoms with van der Waals surface area (Å²) in [7, 11) is -3.76. The minimum Gasteiger partial charge on any atom is -0.442 e. The van der Waals surface area contributed by atoms with Gasteiger partial charge in [-0.15, -0.1) is 0 Å². The molecule has 8 nitrogen and oxygen atoms in total. The fourth-order valence-electron chi connectivity index (χ4n) is 3.98. The first kappa shape index (κ1) is 23.3. The van der Waals surface area contributed by atoms with Crippen molar-refractivity contribution in [1.29, 1.82) is 0 Å². The maximum Gasteiger partial charge on any atom is 0.276 e. The number of sulfonamides is 1. The summed E-state index contributed by atoms with van der Waals surface area (Å²) in [4.78, 5) is 12.6. The van der Waals surface area contributed by atoms with Gasteiger partial charge in [0.25, 0.3) is 10.0 Å². The van der Waals surface area contributed by atoms with Crippen LogP contribution in [0.25, 0.3) is 11.5 Å². The van der Waals surface area contributed by atoms with Gasteiger partial charge >= 0.3 is 0 Å². The van der Waals surface area contributed by atoms with Crippen LogP contribution in [-0.4, -0.2) is 41.9 Å². The van der Waals surface area contributed by atoms with Gasteiger partial charge in [0.05, 0.1) is 0 Å². The van der Waals surface area contributed by atoms with Crippen molar-refractivity contribution in [2.75, 3.05) is 13.1 Å². The smallest absolute Gasteiger partial charge is 0.276 e. The quantitative estimate of drug-likeness (QED) is 0.546. The Balaban J connectivity index is 1.31. The summed E-state index contributed by atoms with van der Waals surface area (Å²) in [5.74, 6) is 0.630. The van der Waals surface area contributed by atoms with E-state index < -0.39 is 10.0 Å². The minimum atomic E-state index is -3.76. The molecule has 0 spiro atoms. The van der Waals surface area contributed by atoms with Gasteiger partial charge in [-0.1, -0.05) is 38.1 Å². The largest absolute Gasteiger partial charge is 0.442 e. The Morgan fingerprint density at radius 3 is 2.48 bits per heavy atom. The van der Waals surface area contributed by atoms with Crippen LogP contribution in [0.4, 0.5) is 0 Å². The van der Waals surface area contributed by atoms with Crippen molar-refractivity contribution in [3.63, 3.8) is 0 Å². The second kappa shape index (κ2) is 9.52. The number of nitrogens with one attached hydrogen (secondary N) is 2. The van der Waals surface area contributed by atoms with E-state index in [4.69, 9.17) is 4.42 Å². The lowest BCUT2D eigenvalue weighted by Gasteiger charge is -2.29. The zero-order valence-corrected chi connectivity index (χ0v) is 20.0. The summed E-state index contributed by atoms with van der Waals surface area (Å²) in [5.41, 5.74) is 3.73. The average Bonchev–Trinajstić information content (AvgIpc) is 3.47. The standard InChI is InChI=1S/C24H30N4O4S/c1-16(2)19-6-4-18(5-7-19)15-25-24(29)20-10-12-28(13-11-20)33(30,31)23-9-8-22(32-23)21-14-17(3)26-27-21/h4-9,14,16,20H,10-13,15H2,1-3H3,(H,25,29)(H,26,27). The van der Waals surface area contributed by atoms with Crippen LogP contribution in [0.15, 0.2) is 52.0 Å². The van der Waals surface area contributed by atoms with E-state index in [0.29, 0.717) is 36.8 Å². The molecule has 33 heavy (non-hydrogen) atoms. The molecule has 3 heterocycles. The van der Waals surface area contributed by atoms with Gasteiger partial charge in [-0.25, -0.2) is 8.42 Å². The van der Waals surface area contributed by atoms with Gasteiger partial charge in [0.2, 0.25) is 11.0 Å². The molecule has 1 saturated heterocycles. The Morgan fingerprint density at radius 1 is 1.18 bits per heavy atom. The Kier molecular flexibility index (Phi) is 6.71. The summed E-state index contributed by atoms with van der Waals surface area (Å²) >= 11 is 0. The number of benzene rings is 1. The van der Waals surface area contributed by atoms with E-state index in [9.17, 15) is 13.2 Å². The van der Waals surface area contributed by atoms with Gasteiger partial charge < -0.3 is 9.73 Å². The maximum atomic E-state index is 13.0. The molecule has 1 fully saturated rings. The van der Waals surface area contributed by atoms with E-state index in [1.807, 2.05) is 19.1 Å². The highest BCUT2D eigenvalue weighted by atomic mass is 32.2. The number of carbonyl (C=O) groups excluding carboxylic acids is 1. The third kappa shape index (κ3) is 5.20. The highest BCUT2D eigenvalue weighted by molar-refractivity contribution is 7.89. The lowest BCUT2D eigenvalue weighted by Crippen LogP contribution is -2.42. The van der Waals surface area contributed by atoms with Crippen LogP contribution in [0.2, 0.25) is 0 Å². The molecule has 0 unspecified atom stereocenters. The Labute approximate surface area is 194 Å². The lowest BCUT2D eigenvalue weighted by molar-refractivity contribution is -0.126. The Morgan fingerprint density at radius 2 is 1.88 bits per heavy atom. The molecule has 1 aromatic carbocycles. The molecule has 0 radical (unpaired) electrons. The highest BCUT2D eigenvalue weighted by Gasteiger charge is 2.34. The van der Waals surface area contributed by atoms with Gasteiger partial charge in [0.1, 0.15) is 5.69 Å². The number of carbonyl (C=O) groups is 1. The molecule has 0 saturated carbocycles. The molecule has 4 rings (SSSR count). The molecular formula is C24H30N4O4S. The van der Waals surface area contributed by atoms with E-state index in [-0.39, 0.29) is 30.0 Å².